The first kappa shape index (κ1) is 7.96. The van der Waals surface area contributed by atoms with Gasteiger partial charge in [-0.15, -0.1) is 0 Å². The molecule has 10 heavy (non-hydrogen) atoms. The number of halogens is 1. The van der Waals surface area contributed by atoms with Crippen LogP contribution in [-0.2, 0) is 4.79 Å². The van der Waals surface area contributed by atoms with Gasteiger partial charge in [-0.2, -0.15) is 0 Å². The Balaban J connectivity index is 2.47. The molecule has 0 radical (unpaired) electrons. The predicted molar refractivity (Wildman–Crippen MR) is 43.1 cm³/mol. The van der Waals surface area contributed by atoms with Crippen molar-refractivity contribution in [2.45, 2.75) is 36.6 Å². The van der Waals surface area contributed by atoms with Crippen LogP contribution in [0.3, 0.4) is 0 Å². The fourth-order valence-electron chi connectivity index (χ4n) is 1.28. The lowest BCUT2D eigenvalue weighted by atomic mass is 9.96. The molecule has 0 amide bonds. The number of nitrogens with zero attached hydrogens (tertiary/aromatic N) is 1. The van der Waals surface area contributed by atoms with E-state index in [1.807, 2.05) is 0 Å². The summed E-state index contributed by atoms with van der Waals surface area (Å²) < 4.78 is 0. The largest absolute Gasteiger partial charge is 0.235 e. The van der Waals surface area contributed by atoms with Crippen LogP contribution in [0.25, 0.3) is 0 Å². The molecule has 1 aliphatic carbocycles. The van der Waals surface area contributed by atoms with Crippen molar-refractivity contribution in [3.8, 4) is 0 Å². The zero-order chi connectivity index (χ0) is 7.40. The van der Waals surface area contributed by atoms with Gasteiger partial charge in [-0.1, -0.05) is 28.8 Å². The summed E-state index contributed by atoms with van der Waals surface area (Å²) in [5, 5.41) is 0. The molecule has 1 fully saturated rings. The smallest absolute Gasteiger partial charge is 0.211 e. The van der Waals surface area contributed by atoms with Gasteiger partial charge in [0, 0.05) is 4.83 Å². The van der Waals surface area contributed by atoms with Gasteiger partial charge < -0.3 is 0 Å². The zero-order valence-corrected chi connectivity index (χ0v) is 7.30. The first-order valence-corrected chi connectivity index (χ1v) is 4.47. The van der Waals surface area contributed by atoms with Gasteiger partial charge in [0.1, 0.15) is 0 Å². The summed E-state index contributed by atoms with van der Waals surface area (Å²) in [5.74, 6) is 0. The third kappa shape index (κ3) is 1.93. The van der Waals surface area contributed by atoms with Crippen LogP contribution in [0.1, 0.15) is 25.7 Å². The van der Waals surface area contributed by atoms with Crippen LogP contribution in [-0.4, -0.2) is 16.9 Å². The maximum atomic E-state index is 9.91. The van der Waals surface area contributed by atoms with E-state index in [1.54, 1.807) is 6.08 Å². The lowest BCUT2D eigenvalue weighted by Crippen LogP contribution is -2.22. The maximum absolute atomic E-state index is 9.91. The molecule has 0 aromatic carbocycles. The first-order chi connectivity index (χ1) is 4.84. The molecule has 1 rings (SSSR count). The summed E-state index contributed by atoms with van der Waals surface area (Å²) in [5.41, 5.74) is 0. The molecule has 3 heteroatoms. The Kier molecular flexibility index (Phi) is 3.10. The normalized spacial score (nSPS) is 32.9. The van der Waals surface area contributed by atoms with Crippen LogP contribution in [0.15, 0.2) is 4.99 Å². The van der Waals surface area contributed by atoms with Gasteiger partial charge >= 0.3 is 0 Å². The molecule has 1 aliphatic rings. The van der Waals surface area contributed by atoms with E-state index >= 15 is 0 Å². The minimum Gasteiger partial charge on any atom is -0.211 e. The van der Waals surface area contributed by atoms with Gasteiger partial charge in [0.25, 0.3) is 0 Å². The highest BCUT2D eigenvalue weighted by Crippen LogP contribution is 2.26. The van der Waals surface area contributed by atoms with E-state index < -0.39 is 0 Å². The Morgan fingerprint density at radius 1 is 1.40 bits per heavy atom. The highest BCUT2D eigenvalue weighted by atomic mass is 79.9. The van der Waals surface area contributed by atoms with E-state index in [-0.39, 0.29) is 6.04 Å². The van der Waals surface area contributed by atoms with Crippen molar-refractivity contribution in [3.63, 3.8) is 0 Å². The Bertz CT molecular complexity index is 154. The van der Waals surface area contributed by atoms with Crippen molar-refractivity contribution in [1.82, 2.24) is 0 Å². The van der Waals surface area contributed by atoms with E-state index in [9.17, 15) is 4.79 Å². The monoisotopic (exact) mass is 203 g/mol. The van der Waals surface area contributed by atoms with E-state index in [0.717, 1.165) is 12.8 Å². The van der Waals surface area contributed by atoms with Gasteiger partial charge in [0.05, 0.1) is 6.04 Å². The van der Waals surface area contributed by atoms with E-state index in [1.165, 1.54) is 12.8 Å². The number of aliphatic imine (C=N–C) groups is 1. The third-order valence-corrected chi connectivity index (χ3v) is 2.93. The fraction of sp³-hybridized carbons (Fsp3) is 0.857. The summed E-state index contributed by atoms with van der Waals surface area (Å²) in [4.78, 5) is 14.0. The summed E-state index contributed by atoms with van der Waals surface area (Å²) >= 11 is 3.48. The van der Waals surface area contributed by atoms with E-state index in [4.69, 9.17) is 0 Å². The minimum atomic E-state index is 0.186. The molecule has 0 aromatic heterocycles. The second-order valence-corrected chi connectivity index (χ2v) is 3.76. The van der Waals surface area contributed by atoms with Gasteiger partial charge in [0.15, 0.2) is 0 Å². The Hall–Kier alpha value is -0.140. The molecule has 0 aliphatic heterocycles. The van der Waals surface area contributed by atoms with Crippen molar-refractivity contribution in [1.29, 1.82) is 0 Å². The summed E-state index contributed by atoms with van der Waals surface area (Å²) in [6, 6.07) is 0.186. The molecule has 0 spiro atoms. The van der Waals surface area contributed by atoms with Crippen molar-refractivity contribution < 1.29 is 4.79 Å². The van der Waals surface area contributed by atoms with Crippen LogP contribution in [0.5, 0.6) is 0 Å². The second-order valence-electron chi connectivity index (χ2n) is 2.59. The molecular formula is C7H10BrNO. The zero-order valence-electron chi connectivity index (χ0n) is 5.72. The molecule has 2 nitrogen and oxygen atoms in total. The molecule has 2 atom stereocenters. The average Bonchev–Trinajstić information content (AvgIpc) is 1.94. The molecule has 0 bridgehead atoms. The molecular weight excluding hydrogens is 194 g/mol. The Morgan fingerprint density at radius 2 is 2.10 bits per heavy atom. The van der Waals surface area contributed by atoms with Gasteiger partial charge in [-0.25, -0.2) is 9.79 Å². The Labute approximate surface area is 68.8 Å². The highest BCUT2D eigenvalue weighted by molar-refractivity contribution is 9.09. The van der Waals surface area contributed by atoms with Crippen LogP contribution in [0.2, 0.25) is 0 Å². The topological polar surface area (TPSA) is 29.4 Å². The summed E-state index contributed by atoms with van der Waals surface area (Å²) in [7, 11) is 0. The highest BCUT2D eigenvalue weighted by Gasteiger charge is 2.21. The Morgan fingerprint density at radius 3 is 2.70 bits per heavy atom. The lowest BCUT2D eigenvalue weighted by Gasteiger charge is -2.21. The van der Waals surface area contributed by atoms with E-state index in [2.05, 4.69) is 20.9 Å². The first-order valence-electron chi connectivity index (χ1n) is 3.55. The quantitative estimate of drug-likeness (QED) is 0.365. The van der Waals surface area contributed by atoms with Crippen molar-refractivity contribution >= 4 is 22.0 Å². The predicted octanol–water partition coefficient (Wildman–Crippen LogP) is 2.03. The SMILES string of the molecule is O=C=N[C@H]1CCCC[C@H]1Br. The number of isocyanates is 1. The van der Waals surface area contributed by atoms with Crippen LogP contribution in [0.4, 0.5) is 0 Å². The second kappa shape index (κ2) is 3.89. The lowest BCUT2D eigenvalue weighted by molar-refractivity contribution is 0.455. The molecule has 0 unspecified atom stereocenters. The minimum absolute atomic E-state index is 0.186. The average molecular weight is 204 g/mol. The van der Waals surface area contributed by atoms with E-state index in [0.29, 0.717) is 4.83 Å². The molecule has 0 N–H and O–H groups in total. The standard InChI is InChI=1S/C7H10BrNO/c8-6-3-1-2-4-7(6)9-5-10/h6-7H,1-4H2/t6-,7+/m1/s1. The fourth-order valence-corrected chi connectivity index (χ4v) is 1.99. The van der Waals surface area contributed by atoms with Gasteiger partial charge in [-0.3, -0.25) is 0 Å². The van der Waals surface area contributed by atoms with Crippen molar-refractivity contribution in [2.24, 2.45) is 4.99 Å². The molecule has 0 heterocycles. The van der Waals surface area contributed by atoms with Crippen LogP contribution in [0, 0.1) is 0 Å². The van der Waals surface area contributed by atoms with Crippen molar-refractivity contribution in [3.05, 3.63) is 0 Å². The number of rotatable bonds is 1. The summed E-state index contributed by atoms with van der Waals surface area (Å²) in [6.45, 7) is 0. The molecule has 56 valence electrons. The van der Waals surface area contributed by atoms with Gasteiger partial charge in [-0.05, 0) is 12.8 Å². The number of alkyl halides is 1. The molecule has 0 aromatic rings. The number of hydrogen-bond donors (Lipinski definition) is 0. The van der Waals surface area contributed by atoms with Crippen LogP contribution >= 0.6 is 15.9 Å². The molecule has 0 saturated heterocycles. The maximum Gasteiger partial charge on any atom is 0.235 e. The third-order valence-electron chi connectivity index (χ3n) is 1.87. The van der Waals surface area contributed by atoms with Gasteiger partial charge in [0.2, 0.25) is 6.08 Å². The summed E-state index contributed by atoms with van der Waals surface area (Å²) in [6.07, 6.45) is 6.22. The molecule has 1 saturated carbocycles. The number of hydrogen-bond acceptors (Lipinski definition) is 2. The number of carbonyl (C=O) groups excluding carboxylic acids is 1. The van der Waals surface area contributed by atoms with Crippen molar-refractivity contribution in [2.75, 3.05) is 0 Å². The van der Waals surface area contributed by atoms with Crippen LogP contribution < -0.4 is 0 Å².